The molecule has 2 aromatic carbocycles. The molecule has 2 atom stereocenters. The van der Waals surface area contributed by atoms with Crippen LogP contribution in [0.2, 0.25) is 0 Å². The number of hydrogen-bond acceptors (Lipinski definition) is 6. The molecule has 1 aromatic heterocycles. The van der Waals surface area contributed by atoms with Crippen LogP contribution in [0.4, 0.5) is 0 Å². The van der Waals surface area contributed by atoms with Gasteiger partial charge in [-0.3, -0.25) is 19.3 Å². The molecule has 4 rings (SSSR count). The van der Waals surface area contributed by atoms with E-state index in [9.17, 15) is 19.5 Å². The van der Waals surface area contributed by atoms with Crippen LogP contribution in [0.3, 0.4) is 0 Å². The fraction of sp³-hybridized carbons (Fsp3) is 0.429. The second kappa shape index (κ2) is 11.7. The van der Waals surface area contributed by atoms with E-state index in [1.807, 2.05) is 44.2 Å². The molecule has 0 bridgehead atoms. The van der Waals surface area contributed by atoms with Crippen LogP contribution in [0.25, 0.3) is 11.0 Å². The number of fused-ring (bicyclic) bond motifs is 1. The van der Waals surface area contributed by atoms with E-state index in [-0.39, 0.29) is 35.9 Å². The first-order valence-corrected chi connectivity index (χ1v) is 12.8. The zero-order valence-corrected chi connectivity index (χ0v) is 21.7. The number of H-pyrrole nitrogens is 1. The highest BCUT2D eigenvalue weighted by Crippen LogP contribution is 2.25. The molecule has 0 aliphatic carbocycles. The first kappa shape index (κ1) is 26.5. The molecule has 1 unspecified atom stereocenters. The van der Waals surface area contributed by atoms with Gasteiger partial charge in [-0.15, -0.1) is 0 Å². The van der Waals surface area contributed by atoms with Gasteiger partial charge in [0.05, 0.1) is 35.8 Å². The number of likely N-dealkylation sites (N-methyl/N-ethyl adjacent to an activating group) is 1. The summed E-state index contributed by atoms with van der Waals surface area (Å²) in [6.45, 7) is 7.02. The highest BCUT2D eigenvalue weighted by molar-refractivity contribution is 5.94. The lowest BCUT2D eigenvalue weighted by Crippen LogP contribution is -2.39. The molecule has 1 fully saturated rings. The van der Waals surface area contributed by atoms with Crippen LogP contribution in [0.5, 0.6) is 0 Å². The molecular weight excluding hydrogens is 470 g/mol. The van der Waals surface area contributed by atoms with Gasteiger partial charge in [0.25, 0.3) is 11.5 Å². The topological polar surface area (TPSA) is 110 Å². The first-order valence-electron chi connectivity index (χ1n) is 12.8. The average molecular weight is 506 g/mol. The van der Waals surface area contributed by atoms with Crippen LogP contribution in [0, 0.1) is 0 Å². The maximum atomic E-state index is 13.5. The maximum absolute atomic E-state index is 13.5. The van der Waals surface area contributed by atoms with Crippen LogP contribution in [-0.2, 0) is 11.2 Å². The number of aromatic nitrogens is 2. The van der Waals surface area contributed by atoms with Gasteiger partial charge in [0.1, 0.15) is 0 Å². The van der Waals surface area contributed by atoms with E-state index >= 15 is 0 Å². The normalized spacial score (nSPS) is 16.6. The number of amides is 2. The van der Waals surface area contributed by atoms with Crippen molar-refractivity contribution < 1.29 is 14.7 Å². The summed E-state index contributed by atoms with van der Waals surface area (Å²) in [6, 6.07) is 12.6. The van der Waals surface area contributed by atoms with Gasteiger partial charge in [0.15, 0.2) is 0 Å². The van der Waals surface area contributed by atoms with E-state index < -0.39 is 0 Å². The molecule has 1 saturated heterocycles. The van der Waals surface area contributed by atoms with Crippen LogP contribution in [0.15, 0.2) is 53.5 Å². The number of rotatable bonds is 9. The number of carbonyl (C=O) groups excluding carboxylic acids is 2. The Balaban J connectivity index is 1.60. The minimum atomic E-state index is -0.370. The number of carbonyl (C=O) groups is 2. The summed E-state index contributed by atoms with van der Waals surface area (Å²) in [5.41, 5.74) is 3.20. The van der Waals surface area contributed by atoms with Crippen LogP contribution < -0.4 is 5.56 Å². The first-order chi connectivity index (χ1) is 17.8. The van der Waals surface area contributed by atoms with Gasteiger partial charge in [-0.1, -0.05) is 18.2 Å². The predicted molar refractivity (Wildman–Crippen MR) is 142 cm³/mol. The molecule has 9 nitrogen and oxygen atoms in total. The Bertz CT molecular complexity index is 1320. The van der Waals surface area contributed by atoms with Crippen molar-refractivity contribution in [2.75, 3.05) is 39.8 Å². The smallest absolute Gasteiger partial charge is 0.266 e. The second-order valence-corrected chi connectivity index (χ2v) is 9.60. The van der Waals surface area contributed by atoms with Crippen molar-refractivity contribution in [1.82, 2.24) is 24.7 Å². The third-order valence-electron chi connectivity index (χ3n) is 7.10. The fourth-order valence-electron chi connectivity index (χ4n) is 4.92. The third-order valence-corrected chi connectivity index (χ3v) is 7.10. The second-order valence-electron chi connectivity index (χ2n) is 9.60. The van der Waals surface area contributed by atoms with E-state index in [0.717, 1.165) is 17.7 Å². The van der Waals surface area contributed by atoms with E-state index in [1.165, 1.54) is 6.20 Å². The maximum Gasteiger partial charge on any atom is 0.266 e. The number of nitrogens with zero attached hydrogens (tertiary/aromatic N) is 4. The summed E-state index contributed by atoms with van der Waals surface area (Å²) >= 11 is 0. The van der Waals surface area contributed by atoms with Crippen molar-refractivity contribution >= 4 is 22.8 Å². The molecule has 9 heteroatoms. The largest absolute Gasteiger partial charge is 0.392 e. The number of hydrogen-bond donors (Lipinski definition) is 2. The van der Waals surface area contributed by atoms with Gasteiger partial charge >= 0.3 is 0 Å². The Morgan fingerprint density at radius 2 is 1.97 bits per heavy atom. The quantitative estimate of drug-likeness (QED) is 0.462. The number of β-amino-alcohol motifs (C(OH)–C–C–N with tert-alkyl or cyclic N) is 1. The van der Waals surface area contributed by atoms with Crippen LogP contribution in [-0.4, -0.2) is 87.5 Å². The summed E-state index contributed by atoms with van der Waals surface area (Å²) < 4.78 is 0. The number of aliphatic hydroxyl groups is 1. The lowest BCUT2D eigenvalue weighted by atomic mass is 10.0. The summed E-state index contributed by atoms with van der Waals surface area (Å²) in [7, 11) is 1.78. The summed E-state index contributed by atoms with van der Waals surface area (Å²) in [6.07, 6.45) is 1.72. The Labute approximate surface area is 216 Å². The molecule has 37 heavy (non-hydrogen) atoms. The lowest BCUT2D eigenvalue weighted by molar-refractivity contribution is -0.131. The fourth-order valence-corrected chi connectivity index (χ4v) is 4.92. The molecule has 2 amide bonds. The standard InChI is InChI=1S/C28H35N5O4/c1-4-33(5-2)28(37)21-8-6-7-20(15-21)25(18-32-12-11-22(34)17-32)31(3)27(36)14-19-9-10-23-24(13-19)30-26(35)16-29-23/h6-10,13,15-16,22,25,34H,4-5,11-12,14,17-18H2,1-3H3,(H,30,35)/t22-,25?/m0/s1. The van der Waals surface area contributed by atoms with Gasteiger partial charge in [0.2, 0.25) is 5.91 Å². The average Bonchev–Trinajstić information content (AvgIpc) is 3.31. The van der Waals surface area contributed by atoms with Gasteiger partial charge in [0, 0.05) is 45.3 Å². The van der Waals surface area contributed by atoms with E-state index in [4.69, 9.17) is 0 Å². The van der Waals surface area contributed by atoms with E-state index in [2.05, 4.69) is 14.9 Å². The summed E-state index contributed by atoms with van der Waals surface area (Å²) in [5.74, 6) is -0.120. The molecule has 2 N–H and O–H groups in total. The molecule has 0 saturated carbocycles. The zero-order valence-electron chi connectivity index (χ0n) is 21.7. The number of nitrogens with one attached hydrogen (secondary N) is 1. The highest BCUT2D eigenvalue weighted by Gasteiger charge is 2.29. The van der Waals surface area contributed by atoms with Crippen molar-refractivity contribution in [3.05, 3.63) is 75.7 Å². The number of aliphatic hydroxyl groups excluding tert-OH is 1. The van der Waals surface area contributed by atoms with Crippen LogP contribution >= 0.6 is 0 Å². The monoisotopic (exact) mass is 505 g/mol. The minimum Gasteiger partial charge on any atom is -0.392 e. The number of benzene rings is 2. The van der Waals surface area contributed by atoms with Gasteiger partial charge in [-0.25, -0.2) is 4.98 Å². The SMILES string of the molecule is CCN(CC)C(=O)c1cccc(C(CN2CC[C@H](O)C2)N(C)C(=O)Cc2ccc3ncc(=O)[nH]c3c2)c1. The molecule has 196 valence electrons. The van der Waals surface area contributed by atoms with Crippen molar-refractivity contribution in [3.63, 3.8) is 0 Å². The van der Waals surface area contributed by atoms with Crippen molar-refractivity contribution in [1.29, 1.82) is 0 Å². The Hall–Kier alpha value is -3.56. The van der Waals surface area contributed by atoms with Crippen molar-refractivity contribution in [2.24, 2.45) is 0 Å². The molecule has 0 radical (unpaired) electrons. The summed E-state index contributed by atoms with van der Waals surface area (Å²) in [5, 5.41) is 10.1. The number of aromatic amines is 1. The third kappa shape index (κ3) is 6.23. The molecule has 0 spiro atoms. The van der Waals surface area contributed by atoms with Crippen molar-refractivity contribution in [2.45, 2.75) is 38.8 Å². The Kier molecular flexibility index (Phi) is 8.35. The van der Waals surface area contributed by atoms with Gasteiger partial charge < -0.3 is 19.9 Å². The molecule has 1 aliphatic heterocycles. The highest BCUT2D eigenvalue weighted by atomic mass is 16.3. The minimum absolute atomic E-state index is 0.0325. The Morgan fingerprint density at radius 1 is 1.19 bits per heavy atom. The van der Waals surface area contributed by atoms with Crippen LogP contribution in [0.1, 0.15) is 47.8 Å². The zero-order chi connectivity index (χ0) is 26.5. The molecule has 2 heterocycles. The predicted octanol–water partition coefficient (Wildman–Crippen LogP) is 2.21. The van der Waals surface area contributed by atoms with Crippen molar-refractivity contribution in [3.8, 4) is 0 Å². The number of likely N-dealkylation sites (tertiary alicyclic amines) is 1. The summed E-state index contributed by atoms with van der Waals surface area (Å²) in [4.78, 5) is 50.7. The molecular formula is C28H35N5O4. The Morgan fingerprint density at radius 3 is 2.68 bits per heavy atom. The van der Waals surface area contributed by atoms with E-state index in [1.54, 1.807) is 29.0 Å². The molecule has 1 aliphatic rings. The molecule has 3 aromatic rings. The van der Waals surface area contributed by atoms with Gasteiger partial charge in [-0.2, -0.15) is 0 Å². The lowest BCUT2D eigenvalue weighted by Gasteiger charge is -2.32. The van der Waals surface area contributed by atoms with Gasteiger partial charge in [-0.05, 0) is 55.7 Å². The van der Waals surface area contributed by atoms with E-state index in [0.29, 0.717) is 49.2 Å².